The molecule has 0 bridgehead atoms. The second-order valence-corrected chi connectivity index (χ2v) is 10.5. The SMILES string of the molecule is CC(=O)N1CCN(Cc2ccc(OCCN(C(C)C)C(C)C)cc2)CC(O)(COc2ccc(F)cc2)C1. The van der Waals surface area contributed by atoms with Gasteiger partial charge in [-0.3, -0.25) is 14.6 Å². The van der Waals surface area contributed by atoms with E-state index in [9.17, 15) is 14.3 Å². The molecule has 1 unspecified atom stereocenters. The molecule has 0 aromatic heterocycles. The van der Waals surface area contributed by atoms with Crippen molar-refractivity contribution in [3.63, 3.8) is 0 Å². The molecule has 1 N–H and O–H groups in total. The minimum Gasteiger partial charge on any atom is -0.492 e. The lowest BCUT2D eigenvalue weighted by atomic mass is 10.0. The highest BCUT2D eigenvalue weighted by Gasteiger charge is 2.36. The van der Waals surface area contributed by atoms with Crippen molar-refractivity contribution in [3.8, 4) is 11.5 Å². The standard InChI is InChI=1S/C29H42FN3O4/c1-22(2)33(23(3)4)16-17-36-27-10-6-25(7-11-27)18-31-14-15-32(24(5)34)20-29(35,19-31)21-37-28-12-8-26(30)9-13-28/h6-13,22-23,35H,14-21H2,1-5H3. The number of hydrogen-bond donors (Lipinski definition) is 1. The second-order valence-electron chi connectivity index (χ2n) is 10.5. The number of ether oxygens (including phenoxy) is 2. The fraction of sp³-hybridized carbons (Fsp3) is 0.552. The molecule has 1 amide bonds. The lowest BCUT2D eigenvalue weighted by molar-refractivity contribution is -0.132. The minimum absolute atomic E-state index is 0.00450. The van der Waals surface area contributed by atoms with Crippen LogP contribution in [0.5, 0.6) is 11.5 Å². The van der Waals surface area contributed by atoms with Crippen LogP contribution in [0.25, 0.3) is 0 Å². The number of rotatable bonds is 11. The first kappa shape index (κ1) is 28.9. The first-order valence-corrected chi connectivity index (χ1v) is 13.1. The van der Waals surface area contributed by atoms with Gasteiger partial charge >= 0.3 is 0 Å². The van der Waals surface area contributed by atoms with E-state index < -0.39 is 5.60 Å². The van der Waals surface area contributed by atoms with Gasteiger partial charge < -0.3 is 19.5 Å². The molecule has 2 aromatic rings. The molecular weight excluding hydrogens is 473 g/mol. The predicted octanol–water partition coefficient (Wildman–Crippen LogP) is 3.80. The van der Waals surface area contributed by atoms with Gasteiger partial charge in [-0.2, -0.15) is 0 Å². The summed E-state index contributed by atoms with van der Waals surface area (Å²) in [6, 6.07) is 14.7. The van der Waals surface area contributed by atoms with Crippen LogP contribution in [0.15, 0.2) is 48.5 Å². The van der Waals surface area contributed by atoms with E-state index in [-0.39, 0.29) is 24.9 Å². The Balaban J connectivity index is 1.59. The topological polar surface area (TPSA) is 65.5 Å². The zero-order chi connectivity index (χ0) is 27.0. The Hall–Kier alpha value is -2.68. The Labute approximate surface area is 220 Å². The molecule has 0 spiro atoms. The van der Waals surface area contributed by atoms with Crippen LogP contribution in [0.4, 0.5) is 4.39 Å². The van der Waals surface area contributed by atoms with Crippen molar-refractivity contribution in [2.75, 3.05) is 45.9 Å². The average Bonchev–Trinajstić information content (AvgIpc) is 3.01. The van der Waals surface area contributed by atoms with E-state index in [2.05, 4.69) is 37.5 Å². The highest BCUT2D eigenvalue weighted by molar-refractivity contribution is 5.73. The van der Waals surface area contributed by atoms with Gasteiger partial charge in [-0.1, -0.05) is 12.1 Å². The maximum Gasteiger partial charge on any atom is 0.219 e. The number of aliphatic hydroxyl groups is 1. The first-order chi connectivity index (χ1) is 17.5. The van der Waals surface area contributed by atoms with Crippen molar-refractivity contribution in [1.29, 1.82) is 0 Å². The van der Waals surface area contributed by atoms with Crippen LogP contribution >= 0.6 is 0 Å². The van der Waals surface area contributed by atoms with Gasteiger partial charge in [-0.05, 0) is 69.7 Å². The molecule has 1 aliphatic heterocycles. The van der Waals surface area contributed by atoms with Gasteiger partial charge in [-0.25, -0.2) is 4.39 Å². The van der Waals surface area contributed by atoms with E-state index in [1.54, 1.807) is 4.90 Å². The molecule has 1 aliphatic rings. The third-order valence-corrected chi connectivity index (χ3v) is 6.73. The summed E-state index contributed by atoms with van der Waals surface area (Å²) >= 11 is 0. The zero-order valence-electron chi connectivity index (χ0n) is 22.8. The van der Waals surface area contributed by atoms with Gasteiger partial charge in [0.1, 0.15) is 36.1 Å². The van der Waals surface area contributed by atoms with E-state index in [4.69, 9.17) is 9.47 Å². The quantitative estimate of drug-likeness (QED) is 0.491. The van der Waals surface area contributed by atoms with Gasteiger partial charge in [0, 0.05) is 51.7 Å². The number of amides is 1. The molecule has 2 aromatic carbocycles. The summed E-state index contributed by atoms with van der Waals surface area (Å²) < 4.78 is 25.0. The maximum absolute atomic E-state index is 13.2. The molecule has 7 nitrogen and oxygen atoms in total. The van der Waals surface area contributed by atoms with Crippen LogP contribution in [-0.2, 0) is 11.3 Å². The van der Waals surface area contributed by atoms with E-state index in [1.165, 1.54) is 31.2 Å². The summed E-state index contributed by atoms with van der Waals surface area (Å²) in [5.41, 5.74) is -0.172. The molecule has 1 heterocycles. The third-order valence-electron chi connectivity index (χ3n) is 6.73. The van der Waals surface area contributed by atoms with Gasteiger partial charge in [0.25, 0.3) is 0 Å². The number of benzene rings is 2. The predicted molar refractivity (Wildman–Crippen MR) is 143 cm³/mol. The fourth-order valence-corrected chi connectivity index (χ4v) is 4.82. The Morgan fingerprint density at radius 2 is 1.57 bits per heavy atom. The summed E-state index contributed by atoms with van der Waals surface area (Å²) in [5, 5.41) is 11.4. The minimum atomic E-state index is -1.27. The molecule has 3 rings (SSSR count). The van der Waals surface area contributed by atoms with Gasteiger partial charge in [0.05, 0.1) is 6.54 Å². The first-order valence-electron chi connectivity index (χ1n) is 13.1. The number of halogens is 1. The molecule has 1 saturated heterocycles. The number of β-amino-alcohol motifs (C(OH)–C–C–N with tert-alkyl or cyclic N) is 1. The normalized spacial score (nSPS) is 18.9. The van der Waals surface area contributed by atoms with Gasteiger partial charge in [0.2, 0.25) is 5.91 Å². The van der Waals surface area contributed by atoms with Crippen molar-refractivity contribution < 1.29 is 23.8 Å². The number of nitrogens with zero attached hydrogens (tertiary/aromatic N) is 3. The lowest BCUT2D eigenvalue weighted by Crippen LogP contribution is -2.51. The molecular formula is C29H42FN3O4. The molecule has 37 heavy (non-hydrogen) atoms. The van der Waals surface area contributed by atoms with Crippen LogP contribution in [0.3, 0.4) is 0 Å². The highest BCUT2D eigenvalue weighted by Crippen LogP contribution is 2.21. The van der Waals surface area contributed by atoms with E-state index in [1.807, 2.05) is 24.3 Å². The van der Waals surface area contributed by atoms with Crippen molar-refractivity contribution >= 4 is 5.91 Å². The Morgan fingerprint density at radius 3 is 2.16 bits per heavy atom. The molecule has 0 aliphatic carbocycles. The summed E-state index contributed by atoms with van der Waals surface area (Å²) in [7, 11) is 0. The molecule has 0 saturated carbocycles. The van der Waals surface area contributed by atoms with Crippen LogP contribution in [0, 0.1) is 5.82 Å². The average molecular weight is 516 g/mol. The molecule has 8 heteroatoms. The number of carbonyl (C=O) groups excluding carboxylic acids is 1. The summed E-state index contributed by atoms with van der Waals surface area (Å²) in [4.78, 5) is 18.3. The van der Waals surface area contributed by atoms with Gasteiger partial charge in [-0.15, -0.1) is 0 Å². The summed E-state index contributed by atoms with van der Waals surface area (Å²) in [6.45, 7) is 14.1. The largest absolute Gasteiger partial charge is 0.492 e. The van der Waals surface area contributed by atoms with Crippen LogP contribution in [0.1, 0.15) is 40.2 Å². The monoisotopic (exact) mass is 515 g/mol. The van der Waals surface area contributed by atoms with E-state index in [0.717, 1.165) is 17.9 Å². The fourth-order valence-electron chi connectivity index (χ4n) is 4.82. The van der Waals surface area contributed by atoms with E-state index >= 15 is 0 Å². The third kappa shape index (κ3) is 8.98. The Morgan fingerprint density at radius 1 is 0.973 bits per heavy atom. The van der Waals surface area contributed by atoms with Crippen molar-refractivity contribution in [2.24, 2.45) is 0 Å². The highest BCUT2D eigenvalue weighted by atomic mass is 19.1. The van der Waals surface area contributed by atoms with Crippen molar-refractivity contribution in [2.45, 2.75) is 58.8 Å². The van der Waals surface area contributed by atoms with Crippen LogP contribution in [-0.4, -0.2) is 89.3 Å². The number of hydrogen-bond acceptors (Lipinski definition) is 6. The summed E-state index contributed by atoms with van der Waals surface area (Å²) in [6.07, 6.45) is 0. The zero-order valence-corrected chi connectivity index (χ0v) is 22.8. The molecule has 0 radical (unpaired) electrons. The molecule has 1 fully saturated rings. The summed E-state index contributed by atoms with van der Waals surface area (Å²) in [5.74, 6) is 0.871. The van der Waals surface area contributed by atoms with Crippen molar-refractivity contribution in [3.05, 3.63) is 59.9 Å². The Kier molecular flexibility index (Phi) is 10.3. The van der Waals surface area contributed by atoms with Crippen LogP contribution in [0.2, 0.25) is 0 Å². The second kappa shape index (κ2) is 13.2. The van der Waals surface area contributed by atoms with Crippen molar-refractivity contribution in [1.82, 2.24) is 14.7 Å². The molecule has 204 valence electrons. The smallest absolute Gasteiger partial charge is 0.219 e. The number of carbonyl (C=O) groups is 1. The lowest BCUT2D eigenvalue weighted by Gasteiger charge is -2.32. The Bertz CT molecular complexity index is 976. The van der Waals surface area contributed by atoms with E-state index in [0.29, 0.717) is 50.6 Å². The van der Waals surface area contributed by atoms with Crippen LogP contribution < -0.4 is 9.47 Å². The van der Waals surface area contributed by atoms with Gasteiger partial charge in [0.15, 0.2) is 0 Å². The maximum atomic E-state index is 13.2. The molecule has 1 atom stereocenters.